The fourth-order valence-corrected chi connectivity index (χ4v) is 2.73. The first kappa shape index (κ1) is 13.5. The minimum Gasteiger partial charge on any atom is -0.394 e. The van der Waals surface area contributed by atoms with Crippen molar-refractivity contribution in [2.24, 2.45) is 4.99 Å². The molecule has 2 rings (SSSR count). The lowest BCUT2D eigenvalue weighted by Gasteiger charge is -2.35. The number of thioether (sulfide) groups is 1. The van der Waals surface area contributed by atoms with Crippen LogP contribution in [0.3, 0.4) is 0 Å². The molecule has 1 N–H and O–H groups in total. The van der Waals surface area contributed by atoms with Crippen LogP contribution in [-0.4, -0.2) is 34.6 Å². The summed E-state index contributed by atoms with van der Waals surface area (Å²) in [5, 5.41) is 10.2. The fraction of sp³-hybridized carbons (Fsp3) is 0.308. The minimum absolute atomic E-state index is 0.0251. The van der Waals surface area contributed by atoms with Crippen LogP contribution in [0.4, 0.5) is 0 Å². The lowest BCUT2D eigenvalue weighted by molar-refractivity contribution is 0.158. The van der Waals surface area contributed by atoms with E-state index in [2.05, 4.69) is 4.99 Å². The van der Waals surface area contributed by atoms with Crippen molar-refractivity contribution in [3.8, 4) is 0 Å². The van der Waals surface area contributed by atoms with Gasteiger partial charge in [-0.1, -0.05) is 41.9 Å². The predicted octanol–water partition coefficient (Wildman–Crippen LogP) is 2.83. The molecule has 2 atom stereocenters. The smallest absolute Gasteiger partial charge is 0.168 e. The maximum atomic E-state index is 9.66. The Kier molecular flexibility index (Phi) is 4.69. The van der Waals surface area contributed by atoms with Crippen molar-refractivity contribution in [1.29, 1.82) is 0 Å². The highest BCUT2D eigenvalue weighted by atomic mass is 35.5. The average molecular weight is 283 g/mol. The van der Waals surface area contributed by atoms with E-state index >= 15 is 0 Å². The Hall–Kier alpha value is -0.970. The number of aliphatic hydroxyl groups is 1. The molecule has 1 aliphatic heterocycles. The number of allylic oxidation sites excluding steroid dienone is 1. The van der Waals surface area contributed by atoms with E-state index in [1.807, 2.05) is 47.7 Å². The number of halogens is 1. The molecule has 0 radical (unpaired) electrons. The molecule has 0 aliphatic carbocycles. The van der Waals surface area contributed by atoms with Gasteiger partial charge in [0.25, 0.3) is 0 Å². The Labute approximate surface area is 116 Å². The van der Waals surface area contributed by atoms with Crippen molar-refractivity contribution in [3.63, 3.8) is 0 Å². The van der Waals surface area contributed by atoms with Crippen LogP contribution < -0.4 is 0 Å². The monoisotopic (exact) mass is 282 g/mol. The molecule has 5 heteroatoms. The van der Waals surface area contributed by atoms with Crippen molar-refractivity contribution in [1.82, 2.24) is 4.90 Å². The maximum Gasteiger partial charge on any atom is 0.168 e. The third-order valence-corrected chi connectivity index (χ3v) is 3.76. The van der Waals surface area contributed by atoms with Gasteiger partial charge in [-0.25, -0.2) is 0 Å². The van der Waals surface area contributed by atoms with Gasteiger partial charge in [-0.15, -0.1) is 11.8 Å². The highest BCUT2D eigenvalue weighted by Crippen LogP contribution is 2.30. The first-order valence-corrected chi connectivity index (χ1v) is 7.29. The Morgan fingerprint density at radius 2 is 2.17 bits per heavy atom. The summed E-state index contributed by atoms with van der Waals surface area (Å²) < 4.78 is 0. The van der Waals surface area contributed by atoms with Crippen LogP contribution in [0, 0.1) is 0 Å². The molecule has 0 saturated carbocycles. The Balaban J connectivity index is 2.29. The van der Waals surface area contributed by atoms with E-state index in [0.717, 1.165) is 5.56 Å². The van der Waals surface area contributed by atoms with Crippen LogP contribution in [0.15, 0.2) is 46.6 Å². The average Bonchev–Trinajstić information content (AvgIpc) is 2.41. The predicted molar refractivity (Wildman–Crippen MR) is 77.8 cm³/mol. The molecule has 1 aliphatic rings. The third kappa shape index (κ3) is 2.88. The maximum absolute atomic E-state index is 9.66. The lowest BCUT2D eigenvalue weighted by Crippen LogP contribution is -2.35. The van der Waals surface area contributed by atoms with Crippen LogP contribution in [-0.2, 0) is 0 Å². The van der Waals surface area contributed by atoms with Crippen LogP contribution in [0.1, 0.15) is 11.6 Å². The SMILES string of the molecule is CSC1N=CC(Cl)=CN1[C@H](CO)c1ccccc1. The Morgan fingerprint density at radius 1 is 1.44 bits per heavy atom. The summed E-state index contributed by atoms with van der Waals surface area (Å²) in [6.45, 7) is 0.0251. The molecular formula is C13H15ClN2OS. The molecule has 0 fully saturated rings. The van der Waals surface area contributed by atoms with Gasteiger partial charge in [0.05, 0.1) is 17.7 Å². The van der Waals surface area contributed by atoms with Gasteiger partial charge in [0, 0.05) is 12.4 Å². The molecule has 0 spiro atoms. The van der Waals surface area contributed by atoms with E-state index in [1.54, 1.807) is 18.0 Å². The van der Waals surface area contributed by atoms with Gasteiger partial charge >= 0.3 is 0 Å². The van der Waals surface area contributed by atoms with E-state index in [-0.39, 0.29) is 18.1 Å². The molecule has 0 aromatic heterocycles. The summed E-state index contributed by atoms with van der Waals surface area (Å²) >= 11 is 7.61. The van der Waals surface area contributed by atoms with Crippen LogP contribution in [0.2, 0.25) is 0 Å². The largest absolute Gasteiger partial charge is 0.394 e. The van der Waals surface area contributed by atoms with E-state index in [4.69, 9.17) is 11.6 Å². The number of aliphatic hydroxyl groups excluding tert-OH is 1. The van der Waals surface area contributed by atoms with Gasteiger partial charge in [-0.2, -0.15) is 0 Å². The first-order valence-electron chi connectivity index (χ1n) is 5.63. The zero-order chi connectivity index (χ0) is 13.0. The molecule has 1 aromatic rings. The lowest BCUT2D eigenvalue weighted by atomic mass is 10.1. The molecule has 96 valence electrons. The Morgan fingerprint density at radius 3 is 2.78 bits per heavy atom. The number of aliphatic imine (C=N–C) groups is 1. The van der Waals surface area contributed by atoms with Gasteiger partial charge < -0.3 is 10.0 Å². The van der Waals surface area contributed by atoms with E-state index in [9.17, 15) is 5.11 Å². The second-order valence-corrected chi connectivity index (χ2v) is 5.24. The summed E-state index contributed by atoms with van der Waals surface area (Å²) in [6, 6.07) is 9.75. The summed E-state index contributed by atoms with van der Waals surface area (Å²) in [5.74, 6) is 0. The van der Waals surface area contributed by atoms with Crippen LogP contribution in [0.5, 0.6) is 0 Å². The van der Waals surface area contributed by atoms with Crippen LogP contribution in [0.25, 0.3) is 0 Å². The number of hydrogen-bond donors (Lipinski definition) is 1. The quantitative estimate of drug-likeness (QED) is 0.922. The fourth-order valence-electron chi connectivity index (χ4n) is 1.92. The molecule has 3 nitrogen and oxygen atoms in total. The highest BCUT2D eigenvalue weighted by Gasteiger charge is 2.25. The summed E-state index contributed by atoms with van der Waals surface area (Å²) in [6.07, 6.45) is 5.48. The number of rotatable bonds is 4. The molecule has 1 unspecified atom stereocenters. The molecule has 0 saturated heterocycles. The molecule has 0 bridgehead atoms. The Bertz CT molecular complexity index is 450. The molecule has 0 amide bonds. The highest BCUT2D eigenvalue weighted by molar-refractivity contribution is 7.99. The van der Waals surface area contributed by atoms with E-state index < -0.39 is 0 Å². The van der Waals surface area contributed by atoms with E-state index in [1.165, 1.54) is 0 Å². The summed E-state index contributed by atoms with van der Waals surface area (Å²) in [7, 11) is 0. The molecular weight excluding hydrogens is 268 g/mol. The molecule has 18 heavy (non-hydrogen) atoms. The zero-order valence-corrected chi connectivity index (χ0v) is 11.6. The van der Waals surface area contributed by atoms with Crippen molar-refractivity contribution in [3.05, 3.63) is 47.1 Å². The van der Waals surface area contributed by atoms with Crippen molar-refractivity contribution >= 4 is 29.6 Å². The van der Waals surface area contributed by atoms with Gasteiger partial charge in [-0.3, -0.25) is 4.99 Å². The van der Waals surface area contributed by atoms with Gasteiger partial charge in [0.15, 0.2) is 5.50 Å². The van der Waals surface area contributed by atoms with Crippen molar-refractivity contribution in [2.45, 2.75) is 11.5 Å². The first-order chi connectivity index (χ1) is 8.76. The van der Waals surface area contributed by atoms with E-state index in [0.29, 0.717) is 5.03 Å². The molecule has 1 heterocycles. The van der Waals surface area contributed by atoms with Gasteiger partial charge in [-0.05, 0) is 11.8 Å². The molecule has 1 aromatic carbocycles. The summed E-state index contributed by atoms with van der Waals surface area (Å²) in [4.78, 5) is 6.35. The number of nitrogens with zero attached hydrogens (tertiary/aromatic N) is 2. The van der Waals surface area contributed by atoms with Crippen molar-refractivity contribution < 1.29 is 5.11 Å². The second-order valence-electron chi connectivity index (χ2n) is 3.91. The van der Waals surface area contributed by atoms with Gasteiger partial charge in [0.2, 0.25) is 0 Å². The standard InChI is InChI=1S/C13H15ClN2OS/c1-18-13-15-7-11(14)8-16(13)12(9-17)10-5-3-2-4-6-10/h2-8,12-13,17H,9H2,1H3/t12-,13?/m1/s1. The number of benzene rings is 1. The third-order valence-electron chi connectivity index (χ3n) is 2.78. The second kappa shape index (κ2) is 6.27. The van der Waals surface area contributed by atoms with Gasteiger partial charge in [0.1, 0.15) is 0 Å². The zero-order valence-electron chi connectivity index (χ0n) is 10.0. The minimum atomic E-state index is -0.130. The van der Waals surface area contributed by atoms with Crippen LogP contribution >= 0.6 is 23.4 Å². The number of hydrogen-bond acceptors (Lipinski definition) is 4. The topological polar surface area (TPSA) is 35.8 Å². The summed E-state index contributed by atoms with van der Waals surface area (Å²) in [5.41, 5.74) is 1.00. The normalized spacial score (nSPS) is 20.7. The van der Waals surface area contributed by atoms with Crippen molar-refractivity contribution in [2.75, 3.05) is 12.9 Å².